The molecule has 0 saturated heterocycles. The molecule has 4 rings (SSSR count). The van der Waals surface area contributed by atoms with E-state index in [1.165, 1.54) is 7.11 Å². The van der Waals surface area contributed by atoms with Crippen molar-refractivity contribution in [3.05, 3.63) is 89.5 Å². The van der Waals surface area contributed by atoms with E-state index in [4.69, 9.17) is 9.15 Å². The van der Waals surface area contributed by atoms with Crippen LogP contribution in [-0.4, -0.2) is 43.9 Å². The molecule has 0 fully saturated rings. The second-order valence-electron chi connectivity index (χ2n) is 7.63. The predicted octanol–water partition coefficient (Wildman–Crippen LogP) is 3.90. The van der Waals surface area contributed by atoms with Crippen LogP contribution in [0.25, 0.3) is 10.9 Å². The molecule has 0 atom stereocenters. The van der Waals surface area contributed by atoms with Gasteiger partial charge in [-0.25, -0.2) is 10.2 Å². The Morgan fingerprint density at radius 2 is 1.94 bits per heavy atom. The topological polar surface area (TPSA) is 89.1 Å². The quantitative estimate of drug-likeness (QED) is 0.265. The number of carbonyl (C=O) groups excluding carboxylic acids is 2. The van der Waals surface area contributed by atoms with E-state index in [0.29, 0.717) is 17.9 Å². The number of nitrogens with zero attached hydrogens (tertiary/aromatic N) is 3. The van der Waals surface area contributed by atoms with Crippen LogP contribution in [0.3, 0.4) is 0 Å². The van der Waals surface area contributed by atoms with Crippen LogP contribution >= 0.6 is 0 Å². The summed E-state index contributed by atoms with van der Waals surface area (Å²) in [6.45, 7) is 0.426. The van der Waals surface area contributed by atoms with Crippen LogP contribution < -0.4 is 10.3 Å². The summed E-state index contributed by atoms with van der Waals surface area (Å²) in [6, 6.07) is 18.5. The fraction of sp³-hybridized carbons (Fsp3) is 0.160. The molecule has 0 unspecified atom stereocenters. The highest BCUT2D eigenvalue weighted by atomic mass is 16.5. The lowest BCUT2D eigenvalue weighted by atomic mass is 10.2. The SMILES string of the molecule is COC(=O)c1ccc(Cn2cc(/C=N\NC(=O)c3cccc(N(C)C)c3)c3ccccc32)o1. The zero-order valence-electron chi connectivity index (χ0n) is 18.6. The first kappa shape index (κ1) is 21.9. The highest BCUT2D eigenvalue weighted by molar-refractivity contribution is 6.00. The van der Waals surface area contributed by atoms with Gasteiger partial charge in [-0.05, 0) is 36.4 Å². The Balaban J connectivity index is 1.53. The third-order valence-electron chi connectivity index (χ3n) is 5.19. The van der Waals surface area contributed by atoms with Gasteiger partial charge in [0.05, 0.1) is 19.9 Å². The van der Waals surface area contributed by atoms with Crippen molar-refractivity contribution >= 4 is 34.7 Å². The second-order valence-corrected chi connectivity index (χ2v) is 7.63. The zero-order chi connectivity index (χ0) is 23.4. The molecule has 8 nitrogen and oxygen atoms in total. The summed E-state index contributed by atoms with van der Waals surface area (Å²) in [5, 5.41) is 5.14. The predicted molar refractivity (Wildman–Crippen MR) is 127 cm³/mol. The molecule has 0 aliphatic heterocycles. The van der Waals surface area contributed by atoms with Gasteiger partial charge in [-0.2, -0.15) is 5.10 Å². The lowest BCUT2D eigenvalue weighted by Crippen LogP contribution is -2.18. The Hall–Kier alpha value is -4.33. The number of aromatic nitrogens is 1. The normalized spacial score (nSPS) is 11.1. The molecule has 2 heterocycles. The molecule has 2 aromatic carbocycles. The number of amides is 1. The van der Waals surface area contributed by atoms with Crippen LogP contribution in [-0.2, 0) is 11.3 Å². The molecule has 0 aliphatic carbocycles. The fourth-order valence-electron chi connectivity index (χ4n) is 3.50. The number of anilines is 1. The maximum Gasteiger partial charge on any atom is 0.373 e. The molecule has 2 aromatic heterocycles. The van der Waals surface area contributed by atoms with Gasteiger partial charge in [-0.15, -0.1) is 0 Å². The summed E-state index contributed by atoms with van der Waals surface area (Å²) < 4.78 is 12.3. The molecule has 168 valence electrons. The van der Waals surface area contributed by atoms with Gasteiger partial charge in [0.2, 0.25) is 5.76 Å². The van der Waals surface area contributed by atoms with Crippen molar-refractivity contribution in [2.45, 2.75) is 6.54 Å². The number of furan rings is 1. The van der Waals surface area contributed by atoms with Crippen molar-refractivity contribution in [3.8, 4) is 0 Å². The molecule has 0 radical (unpaired) electrons. The van der Waals surface area contributed by atoms with Crippen molar-refractivity contribution in [1.29, 1.82) is 0 Å². The Morgan fingerprint density at radius 1 is 1.12 bits per heavy atom. The Morgan fingerprint density at radius 3 is 2.73 bits per heavy atom. The summed E-state index contributed by atoms with van der Waals surface area (Å²) in [4.78, 5) is 26.1. The Bertz CT molecular complexity index is 1330. The third-order valence-corrected chi connectivity index (χ3v) is 5.19. The number of carbonyl (C=O) groups is 2. The molecule has 1 amide bonds. The molecule has 33 heavy (non-hydrogen) atoms. The largest absolute Gasteiger partial charge is 0.463 e. The van der Waals surface area contributed by atoms with Gasteiger partial charge in [0.15, 0.2) is 0 Å². The average molecular weight is 444 g/mol. The lowest BCUT2D eigenvalue weighted by Gasteiger charge is -2.12. The van der Waals surface area contributed by atoms with Gasteiger partial charge in [-0.1, -0.05) is 24.3 Å². The number of hydrogen-bond donors (Lipinski definition) is 1. The molecule has 0 aliphatic rings. The fourth-order valence-corrected chi connectivity index (χ4v) is 3.50. The van der Waals surface area contributed by atoms with Crippen molar-refractivity contribution in [3.63, 3.8) is 0 Å². The molecule has 4 aromatic rings. The number of rotatable bonds is 7. The minimum atomic E-state index is -0.515. The summed E-state index contributed by atoms with van der Waals surface area (Å²) in [6.07, 6.45) is 3.54. The summed E-state index contributed by atoms with van der Waals surface area (Å²) >= 11 is 0. The summed E-state index contributed by atoms with van der Waals surface area (Å²) in [5.41, 5.74) is 5.87. The van der Waals surface area contributed by atoms with Gasteiger partial charge in [-0.3, -0.25) is 4.79 Å². The molecule has 0 spiro atoms. The van der Waals surface area contributed by atoms with E-state index in [1.807, 2.05) is 72.2 Å². The lowest BCUT2D eigenvalue weighted by molar-refractivity contribution is 0.0562. The number of methoxy groups -OCH3 is 1. The summed E-state index contributed by atoms with van der Waals surface area (Å²) in [5.74, 6) is -0.0246. The second kappa shape index (κ2) is 9.44. The highest BCUT2D eigenvalue weighted by Gasteiger charge is 2.13. The van der Waals surface area contributed by atoms with Crippen LogP contribution in [0, 0.1) is 0 Å². The Labute approximate surface area is 191 Å². The number of ether oxygens (including phenoxy) is 1. The van der Waals surface area contributed by atoms with Gasteiger partial charge in [0.25, 0.3) is 5.91 Å². The van der Waals surface area contributed by atoms with E-state index >= 15 is 0 Å². The van der Waals surface area contributed by atoms with E-state index in [2.05, 4.69) is 10.5 Å². The van der Waals surface area contributed by atoms with E-state index in [0.717, 1.165) is 22.2 Å². The van der Waals surface area contributed by atoms with Gasteiger partial charge in [0.1, 0.15) is 5.76 Å². The maximum absolute atomic E-state index is 12.5. The van der Waals surface area contributed by atoms with E-state index in [9.17, 15) is 9.59 Å². The number of esters is 1. The van der Waals surface area contributed by atoms with Crippen LogP contribution in [0.4, 0.5) is 5.69 Å². The van der Waals surface area contributed by atoms with Crippen LogP contribution in [0.15, 0.2) is 76.4 Å². The molecule has 0 saturated carbocycles. The number of benzene rings is 2. The van der Waals surface area contributed by atoms with Crippen molar-refractivity contribution in [2.75, 3.05) is 26.1 Å². The van der Waals surface area contributed by atoms with Crippen LogP contribution in [0.5, 0.6) is 0 Å². The number of hydrogen-bond acceptors (Lipinski definition) is 6. The first-order chi connectivity index (χ1) is 16.0. The van der Waals surface area contributed by atoms with Gasteiger partial charge in [0, 0.05) is 48.0 Å². The zero-order valence-corrected chi connectivity index (χ0v) is 18.6. The Kier molecular flexibility index (Phi) is 6.26. The maximum atomic E-state index is 12.5. The van der Waals surface area contributed by atoms with Crippen molar-refractivity contribution in [1.82, 2.24) is 9.99 Å². The average Bonchev–Trinajstić information content (AvgIpc) is 3.44. The first-order valence-corrected chi connectivity index (χ1v) is 10.3. The van der Waals surface area contributed by atoms with E-state index in [1.54, 1.807) is 24.4 Å². The van der Waals surface area contributed by atoms with Crippen LogP contribution in [0.1, 0.15) is 32.2 Å². The number of nitrogens with one attached hydrogen (secondary N) is 1. The number of para-hydroxylation sites is 1. The smallest absolute Gasteiger partial charge is 0.373 e. The molecular formula is C25H24N4O4. The molecular weight excluding hydrogens is 420 g/mol. The molecule has 1 N–H and O–H groups in total. The highest BCUT2D eigenvalue weighted by Crippen LogP contribution is 2.22. The minimum Gasteiger partial charge on any atom is -0.463 e. The molecule has 8 heteroatoms. The summed E-state index contributed by atoms with van der Waals surface area (Å²) in [7, 11) is 5.15. The third kappa shape index (κ3) is 4.79. The van der Waals surface area contributed by atoms with E-state index in [-0.39, 0.29) is 11.7 Å². The van der Waals surface area contributed by atoms with Crippen LogP contribution in [0.2, 0.25) is 0 Å². The van der Waals surface area contributed by atoms with Crippen molar-refractivity contribution in [2.24, 2.45) is 5.10 Å². The van der Waals surface area contributed by atoms with E-state index < -0.39 is 5.97 Å². The van der Waals surface area contributed by atoms with Gasteiger partial charge < -0.3 is 18.6 Å². The van der Waals surface area contributed by atoms with Gasteiger partial charge >= 0.3 is 5.97 Å². The number of hydrazone groups is 1. The standard InChI is InChI=1S/C25H24N4O4/c1-28(2)19-8-6-7-17(13-19)24(30)27-26-14-18-15-29(22-10-5-4-9-21(18)22)16-20-11-12-23(33-20)25(31)32-3/h4-15H,16H2,1-3H3,(H,27,30)/b26-14-. The van der Waals surface area contributed by atoms with Crippen molar-refractivity contribution < 1.29 is 18.7 Å². The number of fused-ring (bicyclic) bond motifs is 1. The minimum absolute atomic E-state index is 0.159. The first-order valence-electron chi connectivity index (χ1n) is 10.3. The monoisotopic (exact) mass is 444 g/mol. The molecule has 0 bridgehead atoms.